The molecule has 0 saturated carbocycles. The summed E-state index contributed by atoms with van der Waals surface area (Å²) < 4.78 is 30.4. The second-order valence-corrected chi connectivity index (χ2v) is 7.58. The number of nitrogens with one attached hydrogen (secondary N) is 1. The van der Waals surface area contributed by atoms with Crippen LogP contribution in [0.3, 0.4) is 0 Å². The highest BCUT2D eigenvalue weighted by molar-refractivity contribution is 7.90. The first-order valence-electron chi connectivity index (χ1n) is 7.25. The number of aryl methyl sites for hydroxylation is 2. The molecule has 2 aromatic heterocycles. The molecule has 2 heterocycles. The zero-order valence-corrected chi connectivity index (χ0v) is 14.5. The maximum absolute atomic E-state index is 12.7. The van der Waals surface area contributed by atoms with Crippen LogP contribution in [0.1, 0.15) is 16.1 Å². The number of rotatable bonds is 3. The molecule has 1 amide bonds. The lowest BCUT2D eigenvalue weighted by Crippen LogP contribution is -2.21. The average Bonchev–Trinajstić information content (AvgIpc) is 2.87. The Labute approximate surface area is 143 Å². The highest BCUT2D eigenvalue weighted by atomic mass is 32.2. The van der Waals surface area contributed by atoms with Crippen molar-refractivity contribution in [2.45, 2.75) is 11.8 Å². The predicted molar refractivity (Wildman–Crippen MR) is 91.5 cm³/mol. The number of benzene rings is 1. The summed E-state index contributed by atoms with van der Waals surface area (Å²) in [6.07, 6.45) is 2.35. The molecule has 0 fully saturated rings. The van der Waals surface area contributed by atoms with Gasteiger partial charge < -0.3 is 14.3 Å². The van der Waals surface area contributed by atoms with Gasteiger partial charge in [-0.2, -0.15) is 0 Å². The molecule has 0 aliphatic rings. The first-order chi connectivity index (χ1) is 11.7. The summed E-state index contributed by atoms with van der Waals surface area (Å²) in [4.78, 5) is 29.0. The largest absolute Gasteiger partial charge is 0.442 e. The van der Waals surface area contributed by atoms with Gasteiger partial charge in [-0.15, -0.1) is 0 Å². The Kier molecular flexibility index (Phi) is 3.96. The van der Waals surface area contributed by atoms with Gasteiger partial charge in [-0.1, -0.05) is 12.1 Å². The van der Waals surface area contributed by atoms with Crippen molar-refractivity contribution in [1.29, 1.82) is 0 Å². The summed E-state index contributed by atoms with van der Waals surface area (Å²) in [7, 11) is -2.02. The molecule has 0 saturated heterocycles. The molecule has 0 aliphatic heterocycles. The normalized spacial score (nSPS) is 11.6. The van der Waals surface area contributed by atoms with Crippen molar-refractivity contribution in [1.82, 2.24) is 9.55 Å². The fourth-order valence-electron chi connectivity index (χ4n) is 2.54. The number of nitrogens with zero attached hydrogens (tertiary/aromatic N) is 2. The molecular weight excluding hydrogens is 346 g/mol. The second kappa shape index (κ2) is 5.85. The third kappa shape index (κ3) is 2.93. The zero-order valence-electron chi connectivity index (χ0n) is 13.7. The molecule has 8 nitrogen and oxygen atoms in total. The molecule has 9 heteroatoms. The Morgan fingerprint density at radius 3 is 2.64 bits per heavy atom. The number of amides is 1. The van der Waals surface area contributed by atoms with E-state index in [0.29, 0.717) is 0 Å². The minimum absolute atomic E-state index is 0.0140. The third-order valence-corrected chi connectivity index (χ3v) is 4.86. The number of hydrogen-bond acceptors (Lipinski definition) is 6. The van der Waals surface area contributed by atoms with Crippen LogP contribution < -0.4 is 10.9 Å². The summed E-state index contributed by atoms with van der Waals surface area (Å²) in [5, 5.41) is 2.60. The Morgan fingerprint density at radius 1 is 1.28 bits per heavy atom. The minimum atomic E-state index is -3.53. The Bertz CT molecular complexity index is 1160. The van der Waals surface area contributed by atoms with Gasteiger partial charge in [0.2, 0.25) is 5.71 Å². The maximum Gasteiger partial charge on any atom is 0.265 e. The van der Waals surface area contributed by atoms with Gasteiger partial charge in [0, 0.05) is 13.3 Å². The lowest BCUT2D eigenvalue weighted by atomic mass is 10.1. The summed E-state index contributed by atoms with van der Waals surface area (Å²) in [6.45, 7) is 1.54. The number of para-hydroxylation sites is 1. The number of anilines is 1. The number of carbonyl (C=O) groups is 1. The fourth-order valence-corrected chi connectivity index (χ4v) is 3.38. The molecule has 1 aromatic carbocycles. The monoisotopic (exact) mass is 361 g/mol. The summed E-state index contributed by atoms with van der Waals surface area (Å²) in [5.74, 6) is -0.419. The van der Waals surface area contributed by atoms with Gasteiger partial charge in [0.1, 0.15) is 17.5 Å². The second-order valence-electron chi connectivity index (χ2n) is 5.60. The van der Waals surface area contributed by atoms with Crippen LogP contribution in [0.4, 0.5) is 5.69 Å². The number of fused-ring (bicyclic) bond motifs is 1. The maximum atomic E-state index is 12.7. The van der Waals surface area contributed by atoms with E-state index in [2.05, 4.69) is 10.3 Å². The minimum Gasteiger partial charge on any atom is -0.442 e. The topological polar surface area (TPSA) is 111 Å². The fraction of sp³-hybridized carbons (Fsp3) is 0.188. The van der Waals surface area contributed by atoms with Crippen molar-refractivity contribution in [2.75, 3.05) is 11.6 Å². The van der Waals surface area contributed by atoms with Crippen molar-refractivity contribution in [3.8, 4) is 0 Å². The van der Waals surface area contributed by atoms with Gasteiger partial charge in [0.15, 0.2) is 9.84 Å². The van der Waals surface area contributed by atoms with Crippen LogP contribution >= 0.6 is 0 Å². The number of aromatic nitrogens is 2. The quantitative estimate of drug-likeness (QED) is 0.756. The molecule has 0 bridgehead atoms. The molecule has 130 valence electrons. The predicted octanol–water partition coefficient (Wildman–Crippen LogP) is 1.49. The molecule has 0 radical (unpaired) electrons. The standard InChI is InChI=1S/C16H15N3O5S/c1-9-12(13-15(24-9)17-8-19(2)16(13)21)14(20)18-10-6-4-5-7-11(10)25(3,22)23/h4-8H,1-3H3,(H,18,20). The van der Waals surface area contributed by atoms with Crippen molar-refractivity contribution in [2.24, 2.45) is 7.05 Å². The lowest BCUT2D eigenvalue weighted by molar-refractivity contribution is 0.102. The van der Waals surface area contributed by atoms with Crippen LogP contribution in [0.5, 0.6) is 0 Å². The van der Waals surface area contributed by atoms with Gasteiger partial charge in [0.05, 0.1) is 16.1 Å². The molecule has 0 unspecified atom stereocenters. The van der Waals surface area contributed by atoms with E-state index in [9.17, 15) is 18.0 Å². The molecule has 3 rings (SSSR count). The SMILES string of the molecule is Cc1oc2ncn(C)c(=O)c2c1C(=O)Nc1ccccc1S(C)(=O)=O. The van der Waals surface area contributed by atoms with Gasteiger partial charge in [-0.05, 0) is 19.1 Å². The van der Waals surface area contributed by atoms with Crippen molar-refractivity contribution >= 4 is 32.5 Å². The number of carbonyl (C=O) groups excluding carboxylic acids is 1. The highest BCUT2D eigenvalue weighted by Crippen LogP contribution is 2.25. The van der Waals surface area contributed by atoms with Crippen LogP contribution in [0, 0.1) is 6.92 Å². The van der Waals surface area contributed by atoms with E-state index in [1.807, 2.05) is 0 Å². The highest BCUT2D eigenvalue weighted by Gasteiger charge is 2.24. The van der Waals surface area contributed by atoms with E-state index in [4.69, 9.17) is 4.42 Å². The first-order valence-corrected chi connectivity index (χ1v) is 9.14. The molecule has 0 atom stereocenters. The smallest absolute Gasteiger partial charge is 0.265 e. The summed E-state index contributed by atoms with van der Waals surface area (Å²) in [5.41, 5.74) is -0.206. The van der Waals surface area contributed by atoms with E-state index < -0.39 is 21.3 Å². The lowest BCUT2D eigenvalue weighted by Gasteiger charge is -2.09. The summed E-state index contributed by atoms with van der Waals surface area (Å²) in [6, 6.07) is 6.03. The van der Waals surface area contributed by atoms with E-state index >= 15 is 0 Å². The number of hydrogen-bond donors (Lipinski definition) is 1. The van der Waals surface area contributed by atoms with E-state index in [0.717, 1.165) is 6.26 Å². The molecule has 25 heavy (non-hydrogen) atoms. The average molecular weight is 361 g/mol. The Balaban J connectivity index is 2.13. The number of furan rings is 1. The van der Waals surface area contributed by atoms with E-state index in [-0.39, 0.29) is 33.0 Å². The Morgan fingerprint density at radius 2 is 1.96 bits per heavy atom. The molecular formula is C16H15N3O5S. The van der Waals surface area contributed by atoms with Crippen LogP contribution in [-0.4, -0.2) is 30.1 Å². The van der Waals surface area contributed by atoms with E-state index in [1.165, 1.54) is 30.1 Å². The van der Waals surface area contributed by atoms with Gasteiger partial charge in [-0.3, -0.25) is 9.59 Å². The van der Waals surface area contributed by atoms with Crippen LogP contribution in [0.15, 0.2) is 44.7 Å². The number of sulfone groups is 1. The van der Waals surface area contributed by atoms with Crippen molar-refractivity contribution in [3.63, 3.8) is 0 Å². The van der Waals surface area contributed by atoms with Crippen LogP contribution in [-0.2, 0) is 16.9 Å². The van der Waals surface area contributed by atoms with Gasteiger partial charge in [-0.25, -0.2) is 13.4 Å². The molecule has 3 aromatic rings. The third-order valence-electron chi connectivity index (χ3n) is 3.71. The zero-order chi connectivity index (χ0) is 18.4. The first kappa shape index (κ1) is 16.9. The van der Waals surface area contributed by atoms with Crippen LogP contribution in [0.25, 0.3) is 11.1 Å². The van der Waals surface area contributed by atoms with Gasteiger partial charge in [0.25, 0.3) is 11.5 Å². The van der Waals surface area contributed by atoms with Gasteiger partial charge >= 0.3 is 0 Å². The van der Waals surface area contributed by atoms with E-state index in [1.54, 1.807) is 19.1 Å². The van der Waals surface area contributed by atoms with Crippen molar-refractivity contribution < 1.29 is 17.6 Å². The van der Waals surface area contributed by atoms with Crippen LogP contribution in [0.2, 0.25) is 0 Å². The molecule has 0 spiro atoms. The summed E-state index contributed by atoms with van der Waals surface area (Å²) >= 11 is 0. The molecule has 1 N–H and O–H groups in total. The van der Waals surface area contributed by atoms with Crippen molar-refractivity contribution in [3.05, 3.63) is 52.3 Å². The Hall–Kier alpha value is -2.94. The molecule has 0 aliphatic carbocycles.